The first-order valence-corrected chi connectivity index (χ1v) is 10.5. The molecule has 33 heavy (non-hydrogen) atoms. The molecule has 174 valence electrons. The standard InChI is InChI=1S/C22H27N7O4/c1-15-7-8-29(26-15)20-6-5-19(24-25-20)27-9-11-28(12-10-27)22(30)23-16-13-17(31-2)21(33-4)18(14-16)32-3/h5-8,13-14H,9-12H2,1-4H3,(H,23,30). The van der Waals surface area contributed by atoms with Crippen molar-refractivity contribution in [2.45, 2.75) is 6.92 Å². The number of urea groups is 1. The second-order valence-electron chi connectivity index (χ2n) is 7.47. The maximum Gasteiger partial charge on any atom is 0.321 e. The normalized spacial score (nSPS) is 13.6. The summed E-state index contributed by atoms with van der Waals surface area (Å²) in [5.41, 5.74) is 1.48. The summed E-state index contributed by atoms with van der Waals surface area (Å²) in [5, 5.41) is 15.9. The molecule has 3 heterocycles. The predicted molar refractivity (Wildman–Crippen MR) is 123 cm³/mol. The van der Waals surface area contributed by atoms with Crippen molar-refractivity contribution in [1.82, 2.24) is 24.9 Å². The number of anilines is 2. The van der Waals surface area contributed by atoms with Crippen LogP contribution in [-0.2, 0) is 0 Å². The SMILES string of the molecule is COc1cc(NC(=O)N2CCN(c3ccc(-n4ccc(C)n4)nn3)CC2)cc(OC)c1OC. The number of nitrogens with zero attached hydrogens (tertiary/aromatic N) is 6. The summed E-state index contributed by atoms with van der Waals surface area (Å²) in [6, 6.07) is 8.93. The molecule has 0 radical (unpaired) electrons. The number of amides is 2. The van der Waals surface area contributed by atoms with E-state index in [4.69, 9.17) is 14.2 Å². The van der Waals surface area contributed by atoms with Gasteiger partial charge in [-0.15, -0.1) is 10.2 Å². The molecular weight excluding hydrogens is 426 g/mol. The van der Waals surface area contributed by atoms with Gasteiger partial charge in [0.25, 0.3) is 0 Å². The van der Waals surface area contributed by atoms with Crippen molar-refractivity contribution in [3.8, 4) is 23.1 Å². The van der Waals surface area contributed by atoms with E-state index in [-0.39, 0.29) is 6.03 Å². The Hall–Kier alpha value is -4.02. The van der Waals surface area contributed by atoms with Crippen molar-refractivity contribution >= 4 is 17.5 Å². The van der Waals surface area contributed by atoms with Crippen LogP contribution in [0.5, 0.6) is 17.2 Å². The lowest BCUT2D eigenvalue weighted by Crippen LogP contribution is -2.50. The lowest BCUT2D eigenvalue weighted by molar-refractivity contribution is 0.208. The first kappa shape index (κ1) is 22.2. The molecule has 11 nitrogen and oxygen atoms in total. The summed E-state index contributed by atoms with van der Waals surface area (Å²) in [6.45, 7) is 4.33. The summed E-state index contributed by atoms with van der Waals surface area (Å²) in [5.74, 6) is 2.86. The summed E-state index contributed by atoms with van der Waals surface area (Å²) in [4.78, 5) is 16.7. The van der Waals surface area contributed by atoms with Crippen molar-refractivity contribution in [3.63, 3.8) is 0 Å². The molecule has 2 aromatic heterocycles. The van der Waals surface area contributed by atoms with Gasteiger partial charge in [0.05, 0.1) is 32.7 Å². The zero-order chi connectivity index (χ0) is 23.4. The molecule has 0 atom stereocenters. The van der Waals surface area contributed by atoms with Gasteiger partial charge in [0.1, 0.15) is 0 Å². The minimum Gasteiger partial charge on any atom is -0.493 e. The largest absolute Gasteiger partial charge is 0.493 e. The molecule has 11 heteroatoms. The summed E-state index contributed by atoms with van der Waals surface area (Å²) in [6.07, 6.45) is 1.85. The van der Waals surface area contributed by atoms with Gasteiger partial charge >= 0.3 is 6.03 Å². The van der Waals surface area contributed by atoms with E-state index in [1.807, 2.05) is 31.3 Å². The minimum absolute atomic E-state index is 0.195. The number of carbonyl (C=O) groups excluding carboxylic acids is 1. The highest BCUT2D eigenvalue weighted by atomic mass is 16.5. The Morgan fingerprint density at radius 3 is 2.06 bits per heavy atom. The van der Waals surface area contributed by atoms with Crippen molar-refractivity contribution < 1.29 is 19.0 Å². The van der Waals surface area contributed by atoms with E-state index >= 15 is 0 Å². The Balaban J connectivity index is 1.36. The molecule has 1 fully saturated rings. The fourth-order valence-electron chi connectivity index (χ4n) is 3.65. The molecule has 1 aliphatic rings. The Kier molecular flexibility index (Phi) is 6.48. The lowest BCUT2D eigenvalue weighted by atomic mass is 10.2. The van der Waals surface area contributed by atoms with E-state index < -0.39 is 0 Å². The van der Waals surface area contributed by atoms with Gasteiger partial charge in [-0.3, -0.25) is 0 Å². The van der Waals surface area contributed by atoms with Gasteiger partial charge in [0, 0.05) is 44.5 Å². The van der Waals surface area contributed by atoms with Crippen LogP contribution in [0.1, 0.15) is 5.69 Å². The molecule has 2 amide bonds. The van der Waals surface area contributed by atoms with Crippen LogP contribution < -0.4 is 24.4 Å². The number of aromatic nitrogens is 4. The number of piperazine rings is 1. The summed E-state index contributed by atoms with van der Waals surface area (Å²) < 4.78 is 17.7. The van der Waals surface area contributed by atoms with Crippen LogP contribution in [0.3, 0.4) is 0 Å². The lowest BCUT2D eigenvalue weighted by Gasteiger charge is -2.35. The highest BCUT2D eigenvalue weighted by Gasteiger charge is 2.23. The van der Waals surface area contributed by atoms with Gasteiger partial charge in [0.15, 0.2) is 23.1 Å². The van der Waals surface area contributed by atoms with Crippen LogP contribution in [0.4, 0.5) is 16.3 Å². The van der Waals surface area contributed by atoms with Crippen LogP contribution in [-0.4, -0.2) is 78.4 Å². The number of rotatable bonds is 6. The fraction of sp³-hybridized carbons (Fsp3) is 0.364. The van der Waals surface area contributed by atoms with Crippen LogP contribution in [0.15, 0.2) is 36.5 Å². The third kappa shape index (κ3) is 4.76. The van der Waals surface area contributed by atoms with Gasteiger partial charge in [-0.05, 0) is 25.1 Å². The Labute approximate surface area is 191 Å². The number of hydrogen-bond acceptors (Lipinski definition) is 8. The number of ether oxygens (including phenoxy) is 3. The van der Waals surface area contributed by atoms with Crippen LogP contribution >= 0.6 is 0 Å². The third-order valence-electron chi connectivity index (χ3n) is 5.40. The maximum absolute atomic E-state index is 12.8. The van der Waals surface area contributed by atoms with Gasteiger partial charge in [-0.1, -0.05) is 0 Å². The second-order valence-corrected chi connectivity index (χ2v) is 7.47. The van der Waals surface area contributed by atoms with Crippen molar-refractivity contribution in [1.29, 1.82) is 0 Å². The second kappa shape index (κ2) is 9.63. The first-order valence-electron chi connectivity index (χ1n) is 10.5. The van der Waals surface area contributed by atoms with Crippen molar-refractivity contribution in [3.05, 3.63) is 42.2 Å². The van der Waals surface area contributed by atoms with Gasteiger partial charge in [-0.25, -0.2) is 9.48 Å². The Morgan fingerprint density at radius 1 is 0.909 bits per heavy atom. The summed E-state index contributed by atoms with van der Waals surface area (Å²) >= 11 is 0. The fourth-order valence-corrected chi connectivity index (χ4v) is 3.65. The van der Waals surface area contributed by atoms with Crippen LogP contribution in [0.2, 0.25) is 0 Å². The molecule has 0 saturated carbocycles. The smallest absolute Gasteiger partial charge is 0.321 e. The molecule has 0 spiro atoms. The highest BCUT2D eigenvalue weighted by molar-refractivity contribution is 5.90. The van der Waals surface area contributed by atoms with E-state index in [0.29, 0.717) is 54.9 Å². The molecule has 0 unspecified atom stereocenters. The number of carbonyl (C=O) groups is 1. The molecule has 0 bridgehead atoms. The average molecular weight is 454 g/mol. The average Bonchev–Trinajstić information content (AvgIpc) is 3.29. The van der Waals surface area contributed by atoms with Gasteiger partial charge in [-0.2, -0.15) is 5.10 Å². The zero-order valence-electron chi connectivity index (χ0n) is 19.1. The molecule has 1 aromatic carbocycles. The van der Waals surface area contributed by atoms with E-state index in [9.17, 15) is 4.79 Å². The molecule has 1 aliphatic heterocycles. The number of nitrogens with one attached hydrogen (secondary N) is 1. The predicted octanol–water partition coefficient (Wildman–Crippen LogP) is 2.35. The Morgan fingerprint density at radius 2 is 1.55 bits per heavy atom. The van der Waals surface area contributed by atoms with Crippen LogP contribution in [0.25, 0.3) is 5.82 Å². The molecule has 1 saturated heterocycles. The minimum atomic E-state index is -0.195. The molecule has 4 rings (SSSR count). The topological polar surface area (TPSA) is 107 Å². The monoisotopic (exact) mass is 453 g/mol. The molecule has 0 aliphatic carbocycles. The molecule has 3 aromatic rings. The van der Waals surface area contributed by atoms with Crippen LogP contribution in [0, 0.1) is 6.92 Å². The van der Waals surface area contributed by atoms with E-state index in [1.165, 1.54) is 21.3 Å². The number of hydrogen-bond donors (Lipinski definition) is 1. The van der Waals surface area contributed by atoms with E-state index in [2.05, 4.69) is 25.5 Å². The summed E-state index contributed by atoms with van der Waals surface area (Å²) in [7, 11) is 4.61. The van der Waals surface area contributed by atoms with E-state index in [1.54, 1.807) is 21.7 Å². The molecular formula is C22H27N7O4. The molecule has 1 N–H and O–H groups in total. The first-order chi connectivity index (χ1) is 16.0. The third-order valence-corrected chi connectivity index (χ3v) is 5.40. The highest BCUT2D eigenvalue weighted by Crippen LogP contribution is 2.40. The quantitative estimate of drug-likeness (QED) is 0.606. The number of aryl methyl sites for hydroxylation is 1. The van der Waals surface area contributed by atoms with Crippen molar-refractivity contribution in [2.24, 2.45) is 0 Å². The van der Waals surface area contributed by atoms with Gasteiger partial charge in [0.2, 0.25) is 5.75 Å². The zero-order valence-corrected chi connectivity index (χ0v) is 19.1. The maximum atomic E-state index is 12.8. The number of benzene rings is 1. The number of methoxy groups -OCH3 is 3. The van der Waals surface area contributed by atoms with Crippen molar-refractivity contribution in [2.75, 3.05) is 57.7 Å². The van der Waals surface area contributed by atoms with Gasteiger partial charge < -0.3 is 29.3 Å². The Bertz CT molecular complexity index is 1080. The van der Waals surface area contributed by atoms with E-state index in [0.717, 1.165) is 11.5 Å².